The summed E-state index contributed by atoms with van der Waals surface area (Å²) in [6.45, 7) is 10.7. The van der Waals surface area contributed by atoms with E-state index in [0.717, 1.165) is 23.4 Å². The molecule has 0 saturated carbocycles. The predicted molar refractivity (Wildman–Crippen MR) is 123 cm³/mol. The molecule has 4 heteroatoms. The summed E-state index contributed by atoms with van der Waals surface area (Å²) < 4.78 is 13.0. The van der Waals surface area contributed by atoms with Crippen LogP contribution in [0.2, 0.25) is 0 Å². The minimum Gasteiger partial charge on any atom is -0.496 e. The predicted octanol–water partition coefficient (Wildman–Crippen LogP) is 6.19. The van der Waals surface area contributed by atoms with Crippen molar-refractivity contribution < 1.29 is 14.3 Å². The van der Waals surface area contributed by atoms with E-state index in [9.17, 15) is 4.79 Å². The first kappa shape index (κ1) is 21.9. The summed E-state index contributed by atoms with van der Waals surface area (Å²) in [4.78, 5) is 12.6. The molecule has 1 unspecified atom stereocenters. The number of esters is 1. The van der Waals surface area contributed by atoms with E-state index in [-0.39, 0.29) is 12.0 Å². The largest absolute Gasteiger partial charge is 0.496 e. The van der Waals surface area contributed by atoms with Crippen molar-refractivity contribution in [3.8, 4) is 5.75 Å². The van der Waals surface area contributed by atoms with E-state index in [2.05, 4.69) is 67.8 Å². The third kappa shape index (κ3) is 4.23. The smallest absolute Gasteiger partial charge is 0.329 e. The van der Waals surface area contributed by atoms with E-state index in [4.69, 9.17) is 9.47 Å². The highest BCUT2D eigenvalue weighted by Crippen LogP contribution is 2.32. The zero-order valence-electron chi connectivity index (χ0n) is 19.0. The van der Waals surface area contributed by atoms with Gasteiger partial charge in [0.05, 0.1) is 13.7 Å². The molecular weight excluding hydrogens is 374 g/mol. The van der Waals surface area contributed by atoms with Gasteiger partial charge in [0.1, 0.15) is 11.8 Å². The number of benzene rings is 2. The first-order chi connectivity index (χ1) is 14.4. The Labute approximate surface area is 179 Å². The fourth-order valence-electron chi connectivity index (χ4n) is 4.27. The highest BCUT2D eigenvalue weighted by atomic mass is 16.5. The van der Waals surface area contributed by atoms with Crippen LogP contribution in [-0.2, 0) is 16.0 Å². The Balaban J connectivity index is 2.03. The third-order valence-corrected chi connectivity index (χ3v) is 5.73. The lowest BCUT2D eigenvalue weighted by atomic mass is 9.95. The molecule has 0 aliphatic heterocycles. The van der Waals surface area contributed by atoms with Gasteiger partial charge in [0.25, 0.3) is 0 Å². The average Bonchev–Trinajstić information content (AvgIpc) is 3.06. The Kier molecular flexibility index (Phi) is 6.86. The number of carbonyl (C=O) groups is 1. The number of fused-ring (bicyclic) bond motifs is 1. The first-order valence-electron chi connectivity index (χ1n) is 10.8. The van der Waals surface area contributed by atoms with Gasteiger partial charge in [-0.3, -0.25) is 0 Å². The van der Waals surface area contributed by atoms with Gasteiger partial charge in [-0.1, -0.05) is 45.0 Å². The molecule has 0 bridgehead atoms. The van der Waals surface area contributed by atoms with Gasteiger partial charge in [0.2, 0.25) is 0 Å². The van der Waals surface area contributed by atoms with Gasteiger partial charge in [-0.15, -0.1) is 0 Å². The van der Waals surface area contributed by atoms with E-state index in [0.29, 0.717) is 18.9 Å². The molecule has 1 atom stereocenters. The Morgan fingerprint density at radius 1 is 1.10 bits per heavy atom. The highest BCUT2D eigenvalue weighted by Gasteiger charge is 2.23. The summed E-state index contributed by atoms with van der Waals surface area (Å²) in [5.41, 5.74) is 5.91. The minimum absolute atomic E-state index is 0.164. The Bertz CT molecular complexity index is 1030. The van der Waals surface area contributed by atoms with Gasteiger partial charge in [0.15, 0.2) is 0 Å². The van der Waals surface area contributed by atoms with E-state index in [1.807, 2.05) is 13.8 Å². The highest BCUT2D eigenvalue weighted by molar-refractivity contribution is 5.87. The fraction of sp³-hybridized carbons (Fsp3) is 0.423. The van der Waals surface area contributed by atoms with Crippen LogP contribution in [0.5, 0.6) is 5.75 Å². The summed E-state index contributed by atoms with van der Waals surface area (Å²) in [7, 11) is 1.72. The molecule has 0 fully saturated rings. The third-order valence-electron chi connectivity index (χ3n) is 5.73. The van der Waals surface area contributed by atoms with Crippen molar-refractivity contribution in [2.75, 3.05) is 13.7 Å². The van der Waals surface area contributed by atoms with Crippen molar-refractivity contribution >= 4 is 16.9 Å². The van der Waals surface area contributed by atoms with Crippen molar-refractivity contribution in [2.45, 2.75) is 59.4 Å². The Morgan fingerprint density at radius 3 is 2.50 bits per heavy atom. The molecule has 1 heterocycles. The number of rotatable bonds is 8. The second-order valence-corrected chi connectivity index (χ2v) is 8.09. The van der Waals surface area contributed by atoms with Gasteiger partial charge in [0, 0.05) is 16.6 Å². The van der Waals surface area contributed by atoms with Crippen LogP contribution in [0.4, 0.5) is 0 Å². The minimum atomic E-state index is -0.300. The number of ether oxygens (including phenoxy) is 2. The maximum absolute atomic E-state index is 12.6. The monoisotopic (exact) mass is 407 g/mol. The number of hydrogen-bond acceptors (Lipinski definition) is 3. The fourth-order valence-corrected chi connectivity index (χ4v) is 4.27. The summed E-state index contributed by atoms with van der Waals surface area (Å²) >= 11 is 0. The van der Waals surface area contributed by atoms with E-state index in [1.165, 1.54) is 22.1 Å². The number of hydrogen-bond donors (Lipinski definition) is 0. The second-order valence-electron chi connectivity index (χ2n) is 8.09. The van der Waals surface area contributed by atoms with Gasteiger partial charge >= 0.3 is 5.97 Å². The van der Waals surface area contributed by atoms with Crippen molar-refractivity contribution in [3.05, 3.63) is 64.8 Å². The summed E-state index contributed by atoms with van der Waals surface area (Å²) in [6, 6.07) is 14.7. The van der Waals surface area contributed by atoms with Crippen LogP contribution in [0.1, 0.15) is 68.5 Å². The summed E-state index contributed by atoms with van der Waals surface area (Å²) in [5, 5.41) is 1.19. The molecule has 0 amide bonds. The molecule has 4 nitrogen and oxygen atoms in total. The van der Waals surface area contributed by atoms with Crippen LogP contribution < -0.4 is 4.74 Å². The topological polar surface area (TPSA) is 40.5 Å². The first-order valence-corrected chi connectivity index (χ1v) is 10.8. The van der Waals surface area contributed by atoms with Gasteiger partial charge in [-0.05, 0) is 67.5 Å². The zero-order valence-corrected chi connectivity index (χ0v) is 19.0. The molecule has 30 heavy (non-hydrogen) atoms. The van der Waals surface area contributed by atoms with Crippen LogP contribution in [-0.4, -0.2) is 24.3 Å². The molecule has 0 N–H and O–H groups in total. The number of methoxy groups -OCH3 is 1. The normalized spacial score (nSPS) is 12.4. The van der Waals surface area contributed by atoms with Gasteiger partial charge in [-0.2, -0.15) is 0 Å². The molecule has 2 aromatic carbocycles. The molecule has 3 aromatic rings. The van der Waals surface area contributed by atoms with Gasteiger partial charge < -0.3 is 14.0 Å². The van der Waals surface area contributed by atoms with Gasteiger partial charge in [-0.25, -0.2) is 4.79 Å². The lowest BCUT2D eigenvalue weighted by Gasteiger charge is -2.19. The number of nitrogens with zero attached hydrogens (tertiary/aromatic N) is 1. The van der Waals surface area contributed by atoms with Crippen molar-refractivity contribution in [1.82, 2.24) is 4.57 Å². The maximum Gasteiger partial charge on any atom is 0.329 e. The van der Waals surface area contributed by atoms with Crippen molar-refractivity contribution in [2.24, 2.45) is 0 Å². The molecular formula is C26H33NO3. The maximum atomic E-state index is 12.6. The molecule has 0 aliphatic carbocycles. The average molecular weight is 408 g/mol. The van der Waals surface area contributed by atoms with Crippen LogP contribution in [0.25, 0.3) is 10.9 Å². The van der Waals surface area contributed by atoms with E-state index in [1.54, 1.807) is 7.11 Å². The molecule has 1 aromatic heterocycles. The molecule has 0 saturated heterocycles. The molecule has 0 aliphatic rings. The van der Waals surface area contributed by atoms with Crippen LogP contribution in [0.3, 0.4) is 0 Å². The second kappa shape index (κ2) is 9.38. The standard InChI is InChI=1S/C26H33NO3/c1-7-23(26(28)30-8-2)27-18(5)14-22-20(10-9-11-24(22)27)15-19-12-13-25(29-6)21(16-19)17(3)4/h9-14,16-17,23H,7-8,15H2,1-6H3. The van der Waals surface area contributed by atoms with E-state index < -0.39 is 0 Å². The van der Waals surface area contributed by atoms with Crippen molar-refractivity contribution in [3.63, 3.8) is 0 Å². The van der Waals surface area contributed by atoms with E-state index >= 15 is 0 Å². The molecule has 3 rings (SSSR count). The quantitative estimate of drug-likeness (QED) is 0.418. The number of carbonyl (C=O) groups excluding carboxylic acids is 1. The SMILES string of the molecule is CCOC(=O)C(CC)n1c(C)cc2c(Cc3ccc(OC)c(C(C)C)c3)cccc21. The molecule has 0 radical (unpaired) electrons. The van der Waals surface area contributed by atoms with Crippen LogP contribution in [0, 0.1) is 6.92 Å². The Morgan fingerprint density at radius 2 is 1.87 bits per heavy atom. The van der Waals surface area contributed by atoms with Crippen LogP contribution >= 0.6 is 0 Å². The summed E-state index contributed by atoms with van der Waals surface area (Å²) in [6.07, 6.45) is 1.53. The molecule has 0 spiro atoms. The summed E-state index contributed by atoms with van der Waals surface area (Å²) in [5.74, 6) is 1.17. The number of aryl methyl sites for hydroxylation is 1. The Hall–Kier alpha value is -2.75. The zero-order chi connectivity index (χ0) is 21.8. The lowest BCUT2D eigenvalue weighted by molar-refractivity contribution is -0.147. The van der Waals surface area contributed by atoms with Crippen molar-refractivity contribution in [1.29, 1.82) is 0 Å². The number of aromatic nitrogens is 1. The lowest BCUT2D eigenvalue weighted by Crippen LogP contribution is -2.22. The van der Waals surface area contributed by atoms with Crippen LogP contribution in [0.15, 0.2) is 42.5 Å². The molecule has 160 valence electrons.